The molecule has 1 aromatic rings. The average molecular weight is 313 g/mol. The third-order valence-corrected chi connectivity index (χ3v) is 5.49. The average Bonchev–Trinajstić information content (AvgIpc) is 2.98. The summed E-state index contributed by atoms with van der Waals surface area (Å²) >= 11 is 12.5. The molecule has 2 unspecified atom stereocenters. The van der Waals surface area contributed by atoms with Crippen molar-refractivity contribution in [2.75, 3.05) is 13.1 Å². The van der Waals surface area contributed by atoms with Crippen LogP contribution in [0.15, 0.2) is 18.2 Å². The molecular weight excluding hydrogens is 291 g/mol. The molecule has 2 nitrogen and oxygen atoms in total. The highest BCUT2D eigenvalue weighted by atomic mass is 35.5. The van der Waals surface area contributed by atoms with Crippen LogP contribution in [0.1, 0.15) is 37.7 Å². The second-order valence-corrected chi connectivity index (χ2v) is 6.73. The Kier molecular flexibility index (Phi) is 4.87. The Morgan fingerprint density at radius 1 is 1.15 bits per heavy atom. The van der Waals surface area contributed by atoms with E-state index >= 15 is 0 Å². The van der Waals surface area contributed by atoms with E-state index in [1.54, 1.807) is 0 Å². The molecule has 2 aliphatic heterocycles. The number of halogens is 2. The summed E-state index contributed by atoms with van der Waals surface area (Å²) in [5, 5.41) is 5.05. The Hall–Kier alpha value is -0.280. The van der Waals surface area contributed by atoms with Gasteiger partial charge in [0.15, 0.2) is 0 Å². The van der Waals surface area contributed by atoms with E-state index in [2.05, 4.69) is 16.3 Å². The van der Waals surface area contributed by atoms with Crippen molar-refractivity contribution in [1.82, 2.24) is 10.2 Å². The first-order chi connectivity index (χ1) is 9.75. The lowest BCUT2D eigenvalue weighted by Gasteiger charge is -2.39. The van der Waals surface area contributed by atoms with Crippen LogP contribution in [0.2, 0.25) is 10.0 Å². The first-order valence-electron chi connectivity index (χ1n) is 7.66. The zero-order chi connectivity index (χ0) is 13.9. The molecule has 20 heavy (non-hydrogen) atoms. The summed E-state index contributed by atoms with van der Waals surface area (Å²) < 4.78 is 0. The second kappa shape index (κ2) is 6.65. The van der Waals surface area contributed by atoms with Gasteiger partial charge in [0.25, 0.3) is 0 Å². The molecule has 3 rings (SSSR count). The summed E-state index contributed by atoms with van der Waals surface area (Å²) in [6, 6.07) is 7.27. The van der Waals surface area contributed by atoms with Crippen LogP contribution in [0.25, 0.3) is 0 Å². The molecule has 2 atom stereocenters. The molecule has 0 saturated carbocycles. The molecule has 0 aromatic heterocycles. The van der Waals surface area contributed by atoms with E-state index in [-0.39, 0.29) is 0 Å². The van der Waals surface area contributed by atoms with Gasteiger partial charge < -0.3 is 5.32 Å². The Labute approximate surface area is 131 Å². The van der Waals surface area contributed by atoms with Gasteiger partial charge in [-0.25, -0.2) is 0 Å². The lowest BCUT2D eigenvalue weighted by molar-refractivity contribution is 0.112. The fraction of sp³-hybridized carbons (Fsp3) is 0.625. The van der Waals surface area contributed by atoms with E-state index < -0.39 is 0 Å². The van der Waals surface area contributed by atoms with Crippen molar-refractivity contribution in [2.45, 2.75) is 50.7 Å². The summed E-state index contributed by atoms with van der Waals surface area (Å²) in [4.78, 5) is 2.60. The third-order valence-electron chi connectivity index (χ3n) is 4.63. The Bertz CT molecular complexity index is 458. The maximum Gasteiger partial charge on any atom is 0.0637 e. The van der Waals surface area contributed by atoms with Crippen molar-refractivity contribution < 1.29 is 0 Å². The van der Waals surface area contributed by atoms with Crippen molar-refractivity contribution in [2.24, 2.45) is 0 Å². The Morgan fingerprint density at radius 3 is 2.85 bits per heavy atom. The van der Waals surface area contributed by atoms with Crippen molar-refractivity contribution in [3.8, 4) is 0 Å². The van der Waals surface area contributed by atoms with E-state index in [1.807, 2.05) is 12.1 Å². The monoisotopic (exact) mass is 312 g/mol. The van der Waals surface area contributed by atoms with Crippen LogP contribution in [-0.4, -0.2) is 30.1 Å². The molecule has 1 aromatic carbocycles. The minimum absolute atomic E-state index is 0.654. The molecule has 0 bridgehead atoms. The minimum atomic E-state index is 0.654. The van der Waals surface area contributed by atoms with E-state index in [9.17, 15) is 0 Å². The first kappa shape index (κ1) is 14.6. The molecule has 0 aliphatic carbocycles. The zero-order valence-corrected chi connectivity index (χ0v) is 13.3. The molecule has 4 heteroatoms. The van der Waals surface area contributed by atoms with Gasteiger partial charge in [-0.1, -0.05) is 41.8 Å². The molecule has 0 amide bonds. The standard InChI is InChI=1S/C16H22Cl2N2/c17-13-6-3-5-12(16(13)18)11-20-10-2-1-8-15(20)14-7-4-9-19-14/h3,5-6,14-15,19H,1-2,4,7-11H2. The number of benzene rings is 1. The maximum absolute atomic E-state index is 6.35. The predicted octanol–water partition coefficient (Wildman–Crippen LogP) is 4.10. The van der Waals surface area contributed by atoms with Gasteiger partial charge in [0.2, 0.25) is 0 Å². The van der Waals surface area contributed by atoms with Crippen molar-refractivity contribution in [3.05, 3.63) is 33.8 Å². The first-order valence-corrected chi connectivity index (χ1v) is 8.41. The number of hydrogen-bond donors (Lipinski definition) is 1. The third kappa shape index (κ3) is 3.14. The molecule has 2 heterocycles. The van der Waals surface area contributed by atoms with E-state index in [1.165, 1.54) is 45.2 Å². The SMILES string of the molecule is Clc1cccc(CN2CCCCC2C2CCCN2)c1Cl. The van der Waals surface area contributed by atoms with E-state index in [0.717, 1.165) is 17.1 Å². The van der Waals surface area contributed by atoms with Gasteiger partial charge in [-0.2, -0.15) is 0 Å². The molecule has 0 spiro atoms. The van der Waals surface area contributed by atoms with Crippen LogP contribution in [-0.2, 0) is 6.54 Å². The molecule has 0 radical (unpaired) electrons. The topological polar surface area (TPSA) is 15.3 Å². The second-order valence-electron chi connectivity index (χ2n) is 5.95. The van der Waals surface area contributed by atoms with Gasteiger partial charge in [0.05, 0.1) is 10.0 Å². The number of hydrogen-bond acceptors (Lipinski definition) is 2. The molecule has 2 fully saturated rings. The number of rotatable bonds is 3. The fourth-order valence-electron chi connectivity index (χ4n) is 3.60. The van der Waals surface area contributed by atoms with Crippen LogP contribution in [0.3, 0.4) is 0 Å². The smallest absolute Gasteiger partial charge is 0.0637 e. The summed E-state index contributed by atoms with van der Waals surface area (Å²) in [6.07, 6.45) is 6.57. The number of nitrogens with zero attached hydrogens (tertiary/aromatic N) is 1. The van der Waals surface area contributed by atoms with Crippen LogP contribution in [0.5, 0.6) is 0 Å². The van der Waals surface area contributed by atoms with E-state index in [4.69, 9.17) is 23.2 Å². The van der Waals surface area contributed by atoms with Crippen LogP contribution < -0.4 is 5.32 Å². The molecule has 2 saturated heterocycles. The largest absolute Gasteiger partial charge is 0.312 e. The molecule has 2 aliphatic rings. The summed E-state index contributed by atoms with van der Waals surface area (Å²) in [6.45, 7) is 3.26. The molecular formula is C16H22Cl2N2. The summed E-state index contributed by atoms with van der Waals surface area (Å²) in [5.41, 5.74) is 1.16. The van der Waals surface area contributed by atoms with Gasteiger partial charge in [-0.3, -0.25) is 4.90 Å². The van der Waals surface area contributed by atoms with Gasteiger partial charge >= 0.3 is 0 Å². The van der Waals surface area contributed by atoms with Crippen LogP contribution >= 0.6 is 23.2 Å². The maximum atomic E-state index is 6.35. The van der Waals surface area contributed by atoms with Gasteiger partial charge in [0, 0.05) is 18.6 Å². The normalized spacial score (nSPS) is 27.9. The summed E-state index contributed by atoms with van der Waals surface area (Å²) in [7, 11) is 0. The fourth-order valence-corrected chi connectivity index (χ4v) is 3.98. The highest BCUT2D eigenvalue weighted by Crippen LogP contribution is 2.30. The van der Waals surface area contributed by atoms with Crippen LogP contribution in [0.4, 0.5) is 0 Å². The number of likely N-dealkylation sites (tertiary alicyclic amines) is 1. The number of piperidine rings is 1. The predicted molar refractivity (Wildman–Crippen MR) is 85.5 cm³/mol. The Morgan fingerprint density at radius 2 is 2.05 bits per heavy atom. The molecule has 110 valence electrons. The highest BCUT2D eigenvalue weighted by Gasteiger charge is 2.31. The van der Waals surface area contributed by atoms with Gasteiger partial charge in [-0.05, 0) is 50.4 Å². The van der Waals surface area contributed by atoms with Gasteiger partial charge in [0.1, 0.15) is 0 Å². The quantitative estimate of drug-likeness (QED) is 0.904. The highest BCUT2D eigenvalue weighted by molar-refractivity contribution is 6.42. The Balaban J connectivity index is 1.74. The zero-order valence-electron chi connectivity index (χ0n) is 11.7. The van der Waals surface area contributed by atoms with Crippen LogP contribution in [0, 0.1) is 0 Å². The van der Waals surface area contributed by atoms with Crippen molar-refractivity contribution in [3.63, 3.8) is 0 Å². The van der Waals surface area contributed by atoms with Crippen molar-refractivity contribution in [1.29, 1.82) is 0 Å². The van der Waals surface area contributed by atoms with E-state index in [0.29, 0.717) is 17.1 Å². The summed E-state index contributed by atoms with van der Waals surface area (Å²) in [5.74, 6) is 0. The van der Waals surface area contributed by atoms with Gasteiger partial charge in [-0.15, -0.1) is 0 Å². The minimum Gasteiger partial charge on any atom is -0.312 e. The lowest BCUT2D eigenvalue weighted by Crippen LogP contribution is -2.49. The van der Waals surface area contributed by atoms with Crippen molar-refractivity contribution >= 4 is 23.2 Å². The molecule has 1 N–H and O–H groups in total. The number of nitrogens with one attached hydrogen (secondary N) is 1. The lowest BCUT2D eigenvalue weighted by atomic mass is 9.94.